The van der Waals surface area contributed by atoms with Gasteiger partial charge in [0.15, 0.2) is 0 Å². The maximum absolute atomic E-state index is 4.42. The van der Waals surface area contributed by atoms with Crippen LogP contribution in [-0.4, -0.2) is 22.6 Å². The van der Waals surface area contributed by atoms with Crippen LogP contribution in [-0.2, 0) is 0 Å². The second-order valence-corrected chi connectivity index (χ2v) is 11.6. The molecule has 2 fully saturated rings. The molecule has 20 heavy (non-hydrogen) atoms. The van der Waals surface area contributed by atoms with Gasteiger partial charge in [-0.3, -0.25) is 0 Å². The van der Waals surface area contributed by atoms with E-state index in [4.69, 9.17) is 0 Å². The van der Waals surface area contributed by atoms with Crippen molar-refractivity contribution >= 4 is 26.5 Å². The van der Waals surface area contributed by atoms with E-state index in [-0.39, 0.29) is 15.8 Å². The van der Waals surface area contributed by atoms with Crippen molar-refractivity contribution in [2.45, 2.75) is 48.3 Å². The first kappa shape index (κ1) is 15.0. The Labute approximate surface area is 127 Å². The van der Waals surface area contributed by atoms with Crippen molar-refractivity contribution in [1.29, 1.82) is 0 Å². The van der Waals surface area contributed by atoms with Crippen LogP contribution in [0.3, 0.4) is 0 Å². The summed E-state index contributed by atoms with van der Waals surface area (Å²) in [6.45, 7) is 17.7. The van der Waals surface area contributed by atoms with Gasteiger partial charge in [0, 0.05) is 0 Å². The third kappa shape index (κ3) is 2.60. The van der Waals surface area contributed by atoms with Crippen LogP contribution in [0, 0.1) is 27.7 Å². The summed E-state index contributed by atoms with van der Waals surface area (Å²) >= 11 is 0. The van der Waals surface area contributed by atoms with Gasteiger partial charge < -0.3 is 27.7 Å². The topological polar surface area (TPSA) is 0 Å². The van der Waals surface area contributed by atoms with Crippen LogP contribution in [0.5, 0.6) is 0 Å². The molecule has 3 rings (SSSR count). The smallest absolute Gasteiger partial charge is 0.0211 e. The average Bonchev–Trinajstić information content (AvgIpc) is 2.93. The van der Waals surface area contributed by atoms with Gasteiger partial charge in [0.2, 0.25) is 0 Å². The van der Waals surface area contributed by atoms with Crippen LogP contribution in [0.1, 0.15) is 25.7 Å². The maximum atomic E-state index is 4.42. The molecule has 0 nitrogen and oxygen atoms in total. The molecule has 0 spiro atoms. The zero-order chi connectivity index (χ0) is 14.3. The van der Waals surface area contributed by atoms with Gasteiger partial charge in [-0.15, -0.1) is 38.5 Å². The fourth-order valence-electron chi connectivity index (χ4n) is 3.61. The van der Waals surface area contributed by atoms with Crippen molar-refractivity contribution in [3.8, 4) is 0 Å². The van der Waals surface area contributed by atoms with Crippen molar-refractivity contribution in [2.24, 2.45) is 0 Å². The van der Waals surface area contributed by atoms with Crippen LogP contribution in [0.4, 0.5) is 0 Å². The normalized spacial score (nSPS) is 41.2. The molecule has 2 aliphatic heterocycles. The minimum absolute atomic E-state index is 0.199. The van der Waals surface area contributed by atoms with Crippen molar-refractivity contribution in [3.63, 3.8) is 0 Å². The van der Waals surface area contributed by atoms with Crippen LogP contribution in [0.15, 0.2) is 24.3 Å². The lowest BCUT2D eigenvalue weighted by molar-refractivity contribution is 0.831. The fraction of sp³-hybridized carbons (Fsp3) is 0.444. The third-order valence-electron chi connectivity index (χ3n) is 4.68. The van der Waals surface area contributed by atoms with Crippen molar-refractivity contribution in [1.82, 2.24) is 0 Å². The van der Waals surface area contributed by atoms with E-state index in [1.54, 1.807) is 10.6 Å². The molecule has 0 aromatic heterocycles. The summed E-state index contributed by atoms with van der Waals surface area (Å²) in [4.78, 5) is 0. The SMILES string of the molecule is [CH2-]C1CC[C@@H]([CH2-])P1c1ccccc1P1C([CH2-])CC[C@H]1[CH2-]. The summed E-state index contributed by atoms with van der Waals surface area (Å²) < 4.78 is 0. The van der Waals surface area contributed by atoms with E-state index in [9.17, 15) is 0 Å². The molecule has 2 heterocycles. The lowest BCUT2D eigenvalue weighted by Gasteiger charge is -2.37. The van der Waals surface area contributed by atoms with Crippen LogP contribution < -0.4 is 10.6 Å². The van der Waals surface area contributed by atoms with E-state index in [2.05, 4.69) is 52.0 Å². The van der Waals surface area contributed by atoms with E-state index < -0.39 is 0 Å². The summed E-state index contributed by atoms with van der Waals surface area (Å²) in [5.74, 6) is 0. The Balaban J connectivity index is 2.00. The zero-order valence-electron chi connectivity index (χ0n) is 12.2. The van der Waals surface area contributed by atoms with Crippen LogP contribution in [0.2, 0.25) is 0 Å². The number of hydrogen-bond acceptors (Lipinski definition) is 0. The Bertz CT molecular complexity index is 407. The Morgan fingerprint density at radius 2 is 0.950 bits per heavy atom. The molecule has 2 heteroatoms. The van der Waals surface area contributed by atoms with E-state index in [0.717, 1.165) is 0 Å². The lowest BCUT2D eigenvalue weighted by Crippen LogP contribution is -2.28. The molecule has 0 bridgehead atoms. The molecule has 6 atom stereocenters. The number of rotatable bonds is 2. The number of benzene rings is 1. The van der Waals surface area contributed by atoms with Gasteiger partial charge in [0.1, 0.15) is 0 Å². The largest absolute Gasteiger partial charge is 0.336 e. The molecule has 0 radical (unpaired) electrons. The van der Waals surface area contributed by atoms with E-state index in [1.807, 2.05) is 0 Å². The van der Waals surface area contributed by atoms with Crippen LogP contribution in [0.25, 0.3) is 0 Å². The molecule has 1 aromatic carbocycles. The average molecular weight is 302 g/mol. The second-order valence-electron chi connectivity index (χ2n) is 6.07. The molecule has 0 aliphatic carbocycles. The standard InChI is InChI=1S/C18H24P2/c1-13-9-10-14(2)19(13)17-7-5-6-8-18(17)20-15(3)11-12-16(20)4/h5-8,13-16H,1-4,9-12H2/q-4/t13-,14?,15-,16?,19?,20?/m1/s1. The van der Waals surface area contributed by atoms with Crippen LogP contribution >= 0.6 is 15.8 Å². The van der Waals surface area contributed by atoms with Crippen molar-refractivity contribution < 1.29 is 0 Å². The molecule has 110 valence electrons. The molecule has 2 saturated heterocycles. The maximum Gasteiger partial charge on any atom is -0.0211 e. The predicted molar refractivity (Wildman–Crippen MR) is 94.6 cm³/mol. The fourth-order valence-corrected chi connectivity index (χ4v) is 9.97. The highest BCUT2D eigenvalue weighted by Crippen LogP contribution is 2.58. The van der Waals surface area contributed by atoms with Crippen molar-refractivity contribution in [2.75, 3.05) is 0 Å². The number of hydrogen-bond donors (Lipinski definition) is 0. The molecule has 0 amide bonds. The molecular weight excluding hydrogens is 278 g/mol. The second kappa shape index (κ2) is 6.06. The Kier molecular flexibility index (Phi) is 4.54. The van der Waals surface area contributed by atoms with Gasteiger partial charge in [-0.25, -0.2) is 0 Å². The molecule has 0 N–H and O–H groups in total. The predicted octanol–water partition coefficient (Wildman–Crippen LogP) is 4.30. The lowest BCUT2D eigenvalue weighted by atomic mass is 10.2. The molecule has 4 unspecified atom stereocenters. The summed E-state index contributed by atoms with van der Waals surface area (Å²) in [5.41, 5.74) is 2.33. The van der Waals surface area contributed by atoms with Gasteiger partial charge >= 0.3 is 0 Å². The van der Waals surface area contributed by atoms with E-state index >= 15 is 0 Å². The van der Waals surface area contributed by atoms with Gasteiger partial charge in [-0.2, -0.15) is 0 Å². The Hall–Kier alpha value is 0.0800. The highest BCUT2D eigenvalue weighted by Gasteiger charge is 2.29. The van der Waals surface area contributed by atoms with Gasteiger partial charge in [-0.05, 0) is 10.6 Å². The molecule has 1 aromatic rings. The highest BCUT2D eigenvalue weighted by atomic mass is 31.1. The molecule has 2 aliphatic rings. The molecule has 0 saturated carbocycles. The summed E-state index contributed by atoms with van der Waals surface area (Å²) in [6, 6.07) is 9.09. The first-order valence-electron chi connectivity index (χ1n) is 7.57. The van der Waals surface area contributed by atoms with Gasteiger partial charge in [-0.1, -0.05) is 49.9 Å². The Morgan fingerprint density at radius 3 is 1.25 bits per heavy atom. The summed E-state index contributed by atoms with van der Waals surface area (Å²) in [5, 5.41) is 3.16. The quantitative estimate of drug-likeness (QED) is 0.564. The minimum Gasteiger partial charge on any atom is -0.336 e. The first-order valence-corrected chi connectivity index (χ1v) is 10.5. The summed E-state index contributed by atoms with van der Waals surface area (Å²) in [6.07, 6.45) is 4.98. The Morgan fingerprint density at radius 1 is 0.650 bits per heavy atom. The monoisotopic (exact) mass is 302 g/mol. The van der Waals surface area contributed by atoms with Gasteiger partial charge in [0.05, 0.1) is 0 Å². The minimum atomic E-state index is -0.199. The van der Waals surface area contributed by atoms with E-state index in [0.29, 0.717) is 22.6 Å². The first-order chi connectivity index (χ1) is 9.59. The van der Waals surface area contributed by atoms with Crippen molar-refractivity contribution in [3.05, 3.63) is 52.0 Å². The summed E-state index contributed by atoms with van der Waals surface area (Å²) in [7, 11) is -0.398. The molecular formula is C18H24P2-4. The zero-order valence-corrected chi connectivity index (χ0v) is 14.0. The highest BCUT2D eigenvalue weighted by molar-refractivity contribution is 7.73. The van der Waals surface area contributed by atoms with E-state index in [1.165, 1.54) is 25.7 Å². The van der Waals surface area contributed by atoms with Gasteiger partial charge in [0.25, 0.3) is 0 Å². The third-order valence-corrected chi connectivity index (χ3v) is 10.9.